The molecule has 176 valence electrons. The van der Waals surface area contributed by atoms with E-state index in [2.05, 4.69) is 96.3 Å². The molecule has 1 aromatic heterocycles. The van der Waals surface area contributed by atoms with Gasteiger partial charge in [-0.1, -0.05) is 80.4 Å². The zero-order valence-corrected chi connectivity index (χ0v) is 21.3. The molecule has 2 aromatic carbocycles. The number of hydrogen-bond donors (Lipinski definition) is 1. The highest BCUT2D eigenvalue weighted by Crippen LogP contribution is 2.29. The van der Waals surface area contributed by atoms with E-state index in [-0.39, 0.29) is 17.9 Å². The molecule has 1 heterocycles. The molecule has 0 aliphatic carbocycles. The molecule has 6 heteroatoms. The first kappa shape index (κ1) is 25.0. The Labute approximate surface area is 202 Å². The molecule has 1 N–H and O–H groups in total. The Hall–Kier alpha value is -2.60. The lowest BCUT2D eigenvalue weighted by Crippen LogP contribution is -2.33. The van der Waals surface area contributed by atoms with E-state index >= 15 is 0 Å². The molecule has 2 atom stereocenters. The second kappa shape index (κ2) is 12.0. The fraction of sp³-hybridized carbons (Fsp3) is 0.444. The van der Waals surface area contributed by atoms with E-state index in [1.54, 1.807) is 11.8 Å². The summed E-state index contributed by atoms with van der Waals surface area (Å²) >= 11 is 1.67. The Morgan fingerprint density at radius 2 is 1.79 bits per heavy atom. The van der Waals surface area contributed by atoms with Gasteiger partial charge >= 0.3 is 0 Å². The molecule has 1 amide bonds. The van der Waals surface area contributed by atoms with Crippen molar-refractivity contribution in [2.75, 3.05) is 0 Å². The molecule has 0 aliphatic rings. The van der Waals surface area contributed by atoms with Crippen LogP contribution in [0.25, 0.3) is 5.69 Å². The summed E-state index contributed by atoms with van der Waals surface area (Å²) in [5.41, 5.74) is 4.76. The lowest BCUT2D eigenvalue weighted by atomic mass is 9.98. The summed E-state index contributed by atoms with van der Waals surface area (Å²) in [5, 5.41) is 13.1. The molecule has 5 nitrogen and oxygen atoms in total. The quantitative estimate of drug-likeness (QED) is 0.326. The molecule has 0 radical (unpaired) electrons. The van der Waals surface area contributed by atoms with Crippen molar-refractivity contribution < 1.29 is 4.79 Å². The molecule has 0 bridgehead atoms. The number of aromatic nitrogens is 3. The van der Waals surface area contributed by atoms with Crippen LogP contribution in [0.1, 0.15) is 75.0 Å². The third-order valence-electron chi connectivity index (χ3n) is 6.08. The van der Waals surface area contributed by atoms with Crippen molar-refractivity contribution in [3.63, 3.8) is 0 Å². The highest BCUT2D eigenvalue weighted by molar-refractivity contribution is 7.98. The number of nitrogens with zero attached hydrogens (tertiary/aromatic N) is 3. The molecular weight excluding hydrogens is 428 g/mol. The summed E-state index contributed by atoms with van der Waals surface area (Å²) in [6, 6.07) is 16.5. The standard InChI is InChI=1S/C27H36N4OS/c1-6-8-12-22(7-2)26(32)28-21(5)25-29-30-27(31(25)24-16-14-19(3)15-17-24)33-18-23-13-10-9-11-20(23)4/h9-11,13-17,21-22H,6-8,12,18H2,1-5H3,(H,28,32). The summed E-state index contributed by atoms with van der Waals surface area (Å²) < 4.78 is 2.08. The van der Waals surface area contributed by atoms with Gasteiger partial charge in [0, 0.05) is 17.4 Å². The molecule has 3 rings (SSSR count). The average Bonchev–Trinajstić information content (AvgIpc) is 3.23. The zero-order chi connectivity index (χ0) is 23.8. The maximum absolute atomic E-state index is 12.9. The lowest BCUT2D eigenvalue weighted by molar-refractivity contribution is -0.126. The number of aryl methyl sites for hydroxylation is 2. The van der Waals surface area contributed by atoms with Crippen LogP contribution in [0.15, 0.2) is 53.7 Å². The van der Waals surface area contributed by atoms with Crippen LogP contribution < -0.4 is 5.32 Å². The molecule has 0 saturated heterocycles. The number of benzene rings is 2. The average molecular weight is 465 g/mol. The summed E-state index contributed by atoms with van der Waals surface area (Å²) in [5.74, 6) is 1.71. The number of amides is 1. The van der Waals surface area contributed by atoms with Gasteiger partial charge in [0.1, 0.15) is 0 Å². The minimum Gasteiger partial charge on any atom is -0.346 e. The normalized spacial score (nSPS) is 13.0. The first-order chi connectivity index (χ1) is 15.9. The molecule has 3 aromatic rings. The van der Waals surface area contributed by atoms with Crippen LogP contribution in [-0.4, -0.2) is 20.7 Å². The summed E-state index contributed by atoms with van der Waals surface area (Å²) in [6.07, 6.45) is 3.94. The van der Waals surface area contributed by atoms with Crippen molar-refractivity contribution >= 4 is 17.7 Å². The lowest BCUT2D eigenvalue weighted by Gasteiger charge is -2.20. The SMILES string of the molecule is CCCCC(CC)C(=O)NC(C)c1nnc(SCc2ccccc2C)n1-c1ccc(C)cc1. The number of unbranched alkanes of at least 4 members (excludes halogenated alkanes) is 1. The van der Waals surface area contributed by atoms with E-state index in [1.807, 2.05) is 6.92 Å². The second-order valence-electron chi connectivity index (χ2n) is 8.70. The number of carbonyl (C=O) groups is 1. The van der Waals surface area contributed by atoms with Crippen molar-refractivity contribution in [3.05, 3.63) is 71.0 Å². The van der Waals surface area contributed by atoms with Crippen molar-refractivity contribution in [2.24, 2.45) is 5.92 Å². The number of thioether (sulfide) groups is 1. The molecule has 0 spiro atoms. The van der Waals surface area contributed by atoms with E-state index in [1.165, 1.54) is 16.7 Å². The van der Waals surface area contributed by atoms with Crippen molar-refractivity contribution in [3.8, 4) is 5.69 Å². The number of hydrogen-bond acceptors (Lipinski definition) is 4. The third-order valence-corrected chi connectivity index (χ3v) is 7.06. The van der Waals surface area contributed by atoms with Gasteiger partial charge in [0.25, 0.3) is 0 Å². The van der Waals surface area contributed by atoms with E-state index in [9.17, 15) is 4.79 Å². The Kier molecular flexibility index (Phi) is 9.12. The van der Waals surface area contributed by atoms with Crippen LogP contribution >= 0.6 is 11.8 Å². The highest BCUT2D eigenvalue weighted by Gasteiger charge is 2.24. The van der Waals surface area contributed by atoms with Crippen molar-refractivity contribution in [1.82, 2.24) is 20.1 Å². The van der Waals surface area contributed by atoms with Gasteiger partial charge in [0.05, 0.1) is 6.04 Å². The van der Waals surface area contributed by atoms with Gasteiger partial charge in [-0.05, 0) is 56.9 Å². The fourth-order valence-electron chi connectivity index (χ4n) is 3.87. The molecule has 0 aliphatic heterocycles. The van der Waals surface area contributed by atoms with Crippen LogP contribution in [0.3, 0.4) is 0 Å². The van der Waals surface area contributed by atoms with Gasteiger partial charge in [-0.15, -0.1) is 10.2 Å². The Morgan fingerprint density at radius 3 is 2.45 bits per heavy atom. The van der Waals surface area contributed by atoms with Crippen molar-refractivity contribution in [1.29, 1.82) is 0 Å². The smallest absolute Gasteiger partial charge is 0.223 e. The Balaban J connectivity index is 1.87. The minimum absolute atomic E-state index is 0.0399. The Bertz CT molecular complexity index is 1040. The largest absolute Gasteiger partial charge is 0.346 e. The minimum atomic E-state index is -0.241. The van der Waals surface area contributed by atoms with E-state index in [0.717, 1.165) is 48.1 Å². The van der Waals surface area contributed by atoms with Crippen LogP contribution in [0.2, 0.25) is 0 Å². The topological polar surface area (TPSA) is 59.8 Å². The molecule has 0 saturated carbocycles. The van der Waals surface area contributed by atoms with Gasteiger partial charge in [-0.2, -0.15) is 0 Å². The van der Waals surface area contributed by atoms with Crippen LogP contribution in [-0.2, 0) is 10.5 Å². The van der Waals surface area contributed by atoms with E-state index in [0.29, 0.717) is 0 Å². The van der Waals surface area contributed by atoms with Gasteiger partial charge in [-0.3, -0.25) is 9.36 Å². The zero-order valence-electron chi connectivity index (χ0n) is 20.5. The third kappa shape index (κ3) is 6.47. The predicted molar refractivity (Wildman–Crippen MR) is 137 cm³/mol. The van der Waals surface area contributed by atoms with E-state index < -0.39 is 0 Å². The summed E-state index contributed by atoms with van der Waals surface area (Å²) in [4.78, 5) is 12.9. The van der Waals surface area contributed by atoms with Gasteiger partial charge in [0.15, 0.2) is 11.0 Å². The number of rotatable bonds is 11. The maximum Gasteiger partial charge on any atom is 0.223 e. The predicted octanol–water partition coefficient (Wildman–Crippen LogP) is 6.57. The van der Waals surface area contributed by atoms with Crippen LogP contribution in [0.5, 0.6) is 0 Å². The molecule has 2 unspecified atom stereocenters. The van der Waals surface area contributed by atoms with Gasteiger partial charge in [-0.25, -0.2) is 0 Å². The second-order valence-corrected chi connectivity index (χ2v) is 9.65. The summed E-state index contributed by atoms with van der Waals surface area (Å²) in [7, 11) is 0. The molecule has 33 heavy (non-hydrogen) atoms. The van der Waals surface area contributed by atoms with E-state index in [4.69, 9.17) is 0 Å². The van der Waals surface area contributed by atoms with Gasteiger partial charge < -0.3 is 5.32 Å². The maximum atomic E-state index is 12.9. The van der Waals surface area contributed by atoms with Gasteiger partial charge in [0.2, 0.25) is 5.91 Å². The first-order valence-electron chi connectivity index (χ1n) is 11.9. The monoisotopic (exact) mass is 464 g/mol. The summed E-state index contributed by atoms with van der Waals surface area (Å²) in [6.45, 7) is 10.4. The number of nitrogens with one attached hydrogen (secondary N) is 1. The van der Waals surface area contributed by atoms with Crippen LogP contribution in [0.4, 0.5) is 0 Å². The number of carbonyl (C=O) groups excluding carboxylic acids is 1. The first-order valence-corrected chi connectivity index (χ1v) is 12.9. The fourth-order valence-corrected chi connectivity index (χ4v) is 4.91. The molecular formula is C27H36N4OS. The van der Waals surface area contributed by atoms with Crippen molar-refractivity contribution in [2.45, 2.75) is 77.3 Å². The molecule has 0 fully saturated rings. The highest BCUT2D eigenvalue weighted by atomic mass is 32.2. The Morgan fingerprint density at radius 1 is 1.06 bits per heavy atom. The van der Waals surface area contributed by atoms with Crippen LogP contribution in [0, 0.1) is 19.8 Å².